The van der Waals surface area contributed by atoms with Crippen LogP contribution in [0.2, 0.25) is 0 Å². The van der Waals surface area contributed by atoms with E-state index in [9.17, 15) is 0 Å². The zero-order valence-electron chi connectivity index (χ0n) is 7.37. The Morgan fingerprint density at radius 3 is 3.00 bits per heavy atom. The van der Waals surface area contributed by atoms with Crippen molar-refractivity contribution in [2.45, 2.75) is 13.3 Å². The maximum absolute atomic E-state index is 8.93. The molecule has 0 radical (unpaired) electrons. The second kappa shape index (κ2) is 3.20. The Bertz CT molecular complexity index is 476. The number of nitriles is 1. The van der Waals surface area contributed by atoms with Gasteiger partial charge in [0.1, 0.15) is 6.07 Å². The van der Waals surface area contributed by atoms with Gasteiger partial charge in [-0.2, -0.15) is 5.26 Å². The number of fused-ring (bicyclic) bond motifs is 1. The Kier molecular flexibility index (Phi) is 2.03. The summed E-state index contributed by atoms with van der Waals surface area (Å²) >= 11 is 1.64. The highest BCUT2D eigenvalue weighted by molar-refractivity contribution is 7.17. The fourth-order valence-electron chi connectivity index (χ4n) is 1.43. The van der Waals surface area contributed by atoms with Crippen molar-refractivity contribution >= 4 is 21.4 Å². The number of thiophene rings is 1. The molecule has 0 saturated carbocycles. The summed E-state index contributed by atoms with van der Waals surface area (Å²) in [5.41, 5.74) is 2.05. The van der Waals surface area contributed by atoms with E-state index in [4.69, 9.17) is 5.26 Å². The van der Waals surface area contributed by atoms with Crippen molar-refractivity contribution in [3.05, 3.63) is 34.7 Å². The third-order valence-corrected chi connectivity index (χ3v) is 3.10. The number of aryl methyl sites for hydroxylation is 1. The molecule has 1 aromatic carbocycles. The molecule has 2 aromatic rings. The van der Waals surface area contributed by atoms with Crippen LogP contribution in [0.4, 0.5) is 0 Å². The van der Waals surface area contributed by atoms with Gasteiger partial charge in [-0.15, -0.1) is 11.3 Å². The van der Waals surface area contributed by atoms with Crippen LogP contribution in [-0.2, 0) is 6.42 Å². The van der Waals surface area contributed by atoms with E-state index in [1.165, 1.54) is 10.9 Å². The Hall–Kier alpha value is -1.33. The molecule has 0 unspecified atom stereocenters. The third-order valence-electron chi connectivity index (χ3n) is 2.14. The highest BCUT2D eigenvalue weighted by atomic mass is 32.1. The van der Waals surface area contributed by atoms with Gasteiger partial charge in [-0.25, -0.2) is 0 Å². The van der Waals surface area contributed by atoms with Crippen LogP contribution in [0.15, 0.2) is 23.6 Å². The molecular formula is C11H9NS. The van der Waals surface area contributed by atoms with E-state index in [1.54, 1.807) is 11.3 Å². The average Bonchev–Trinajstić information content (AvgIpc) is 2.63. The number of nitrogens with zero attached hydrogens (tertiary/aromatic N) is 1. The maximum Gasteiger partial charge on any atom is 0.101 e. The van der Waals surface area contributed by atoms with Gasteiger partial charge >= 0.3 is 0 Å². The number of rotatable bonds is 1. The van der Waals surface area contributed by atoms with Gasteiger partial charge in [0, 0.05) is 0 Å². The minimum absolute atomic E-state index is 0.810. The van der Waals surface area contributed by atoms with Crippen LogP contribution >= 0.6 is 11.3 Å². The van der Waals surface area contributed by atoms with E-state index in [0.29, 0.717) is 0 Å². The lowest BCUT2D eigenvalue weighted by Crippen LogP contribution is -1.82. The molecule has 64 valence electrons. The van der Waals surface area contributed by atoms with Crippen LogP contribution in [0, 0.1) is 11.3 Å². The van der Waals surface area contributed by atoms with Gasteiger partial charge in [0.2, 0.25) is 0 Å². The number of benzene rings is 1. The Labute approximate surface area is 81.2 Å². The van der Waals surface area contributed by atoms with Crippen LogP contribution in [0.1, 0.15) is 18.1 Å². The second-order valence-electron chi connectivity index (χ2n) is 2.95. The van der Waals surface area contributed by atoms with Crippen LogP contribution in [-0.4, -0.2) is 0 Å². The molecule has 0 atom stereocenters. The predicted molar refractivity (Wildman–Crippen MR) is 55.9 cm³/mol. The molecule has 0 amide bonds. The molecule has 0 N–H and O–H groups in total. The molecule has 1 aromatic heterocycles. The summed E-state index contributed by atoms with van der Waals surface area (Å²) in [7, 11) is 0. The smallest absolute Gasteiger partial charge is 0.101 e. The molecule has 0 aliphatic carbocycles. The number of hydrogen-bond acceptors (Lipinski definition) is 2. The van der Waals surface area contributed by atoms with Gasteiger partial charge in [-0.05, 0) is 34.9 Å². The zero-order valence-corrected chi connectivity index (χ0v) is 8.19. The van der Waals surface area contributed by atoms with Crippen molar-refractivity contribution in [2.75, 3.05) is 0 Å². The second-order valence-corrected chi connectivity index (χ2v) is 3.86. The minimum Gasteiger partial charge on any atom is -0.192 e. The first-order valence-corrected chi connectivity index (χ1v) is 5.13. The highest BCUT2D eigenvalue weighted by Gasteiger charge is 2.03. The van der Waals surface area contributed by atoms with Gasteiger partial charge in [0.25, 0.3) is 0 Å². The minimum atomic E-state index is 0.810. The molecule has 0 aliphatic heterocycles. The molecule has 2 heteroatoms. The Balaban J connectivity index is 2.79. The molecule has 0 saturated heterocycles. The van der Waals surface area contributed by atoms with Crippen molar-refractivity contribution in [1.29, 1.82) is 5.26 Å². The van der Waals surface area contributed by atoms with Crippen molar-refractivity contribution in [3.63, 3.8) is 0 Å². The van der Waals surface area contributed by atoms with Gasteiger partial charge in [-0.3, -0.25) is 0 Å². The van der Waals surface area contributed by atoms with Gasteiger partial charge in [0.05, 0.1) is 10.3 Å². The summed E-state index contributed by atoms with van der Waals surface area (Å²) in [5, 5.41) is 12.2. The van der Waals surface area contributed by atoms with Crippen molar-refractivity contribution in [1.82, 2.24) is 0 Å². The molecule has 1 heterocycles. The predicted octanol–water partition coefficient (Wildman–Crippen LogP) is 3.34. The monoisotopic (exact) mass is 187 g/mol. The summed E-state index contributed by atoms with van der Waals surface area (Å²) in [6.07, 6.45) is 0.987. The van der Waals surface area contributed by atoms with E-state index < -0.39 is 0 Å². The third kappa shape index (κ3) is 1.32. The van der Waals surface area contributed by atoms with Crippen molar-refractivity contribution in [2.24, 2.45) is 0 Å². The summed E-state index contributed by atoms with van der Waals surface area (Å²) in [6.45, 7) is 2.11. The first kappa shape index (κ1) is 8.28. The van der Waals surface area contributed by atoms with E-state index in [0.717, 1.165) is 16.7 Å². The fourth-order valence-corrected chi connectivity index (χ4v) is 2.28. The molecule has 1 nitrogen and oxygen atoms in total. The van der Waals surface area contributed by atoms with Crippen LogP contribution in [0.5, 0.6) is 0 Å². The largest absolute Gasteiger partial charge is 0.192 e. The van der Waals surface area contributed by atoms with Crippen molar-refractivity contribution in [3.8, 4) is 6.07 Å². The topological polar surface area (TPSA) is 23.8 Å². The summed E-state index contributed by atoms with van der Waals surface area (Å²) in [6, 6.07) is 8.46. The van der Waals surface area contributed by atoms with Gasteiger partial charge in [-0.1, -0.05) is 13.0 Å². The van der Waals surface area contributed by atoms with E-state index in [1.807, 2.05) is 11.4 Å². The lowest BCUT2D eigenvalue weighted by molar-refractivity contribution is 1.14. The van der Waals surface area contributed by atoms with Crippen molar-refractivity contribution < 1.29 is 0 Å². The van der Waals surface area contributed by atoms with Crippen LogP contribution in [0.25, 0.3) is 10.1 Å². The molecule has 2 rings (SSSR count). The number of hydrogen-bond donors (Lipinski definition) is 0. The quantitative estimate of drug-likeness (QED) is 0.671. The van der Waals surface area contributed by atoms with E-state index >= 15 is 0 Å². The fraction of sp³-hybridized carbons (Fsp3) is 0.182. The zero-order chi connectivity index (χ0) is 9.26. The first-order valence-electron chi connectivity index (χ1n) is 4.25. The Morgan fingerprint density at radius 1 is 1.46 bits per heavy atom. The van der Waals surface area contributed by atoms with Crippen LogP contribution < -0.4 is 0 Å². The van der Waals surface area contributed by atoms with E-state index in [2.05, 4.69) is 25.1 Å². The first-order chi connectivity index (χ1) is 6.35. The lowest BCUT2D eigenvalue weighted by atomic mass is 10.1. The SMILES string of the molecule is CCc1cc(C#N)c2sccc2c1. The standard InChI is InChI=1S/C11H9NS/c1-2-8-5-9-3-4-13-11(9)10(6-8)7-12/h3-6H,2H2,1H3. The van der Waals surface area contributed by atoms with Gasteiger partial charge < -0.3 is 0 Å². The molecule has 13 heavy (non-hydrogen) atoms. The molecule has 0 spiro atoms. The summed E-state index contributed by atoms with van der Waals surface area (Å²) in [4.78, 5) is 0. The van der Waals surface area contributed by atoms with Gasteiger partial charge in [0.15, 0.2) is 0 Å². The summed E-state index contributed by atoms with van der Waals surface area (Å²) in [5.74, 6) is 0. The highest BCUT2D eigenvalue weighted by Crippen LogP contribution is 2.26. The molecule has 0 fully saturated rings. The Morgan fingerprint density at radius 2 is 2.31 bits per heavy atom. The average molecular weight is 187 g/mol. The summed E-state index contributed by atoms with van der Waals surface area (Å²) < 4.78 is 1.11. The van der Waals surface area contributed by atoms with E-state index in [-0.39, 0.29) is 0 Å². The molecule has 0 aliphatic rings. The molecule has 0 bridgehead atoms. The van der Waals surface area contributed by atoms with Crippen LogP contribution in [0.3, 0.4) is 0 Å². The maximum atomic E-state index is 8.93. The lowest BCUT2D eigenvalue weighted by Gasteiger charge is -1.98. The normalized spacial score (nSPS) is 10.2. The molecular weight excluding hydrogens is 178 g/mol.